The molecule has 0 unspecified atom stereocenters. The van der Waals surface area contributed by atoms with Crippen LogP contribution < -0.4 is 0 Å². The minimum Gasteiger partial charge on any atom is -0.413 e. The van der Waals surface area contributed by atoms with E-state index in [0.29, 0.717) is 28.8 Å². The average molecular weight is 459 g/mol. The lowest BCUT2D eigenvalue weighted by Crippen LogP contribution is -2.56. The molecule has 3 atom stereocenters. The van der Waals surface area contributed by atoms with Gasteiger partial charge in [-0.3, -0.25) is 0 Å². The molecule has 0 radical (unpaired) electrons. The van der Waals surface area contributed by atoms with E-state index in [0.717, 1.165) is 6.29 Å². The minimum atomic E-state index is -2.21. The van der Waals surface area contributed by atoms with E-state index in [-0.39, 0.29) is 5.04 Å². The predicted octanol–water partition coefficient (Wildman–Crippen LogP) is 6.71. The van der Waals surface area contributed by atoms with Gasteiger partial charge in [0.2, 0.25) is 0 Å². The van der Waals surface area contributed by atoms with Crippen molar-refractivity contribution >= 4 is 22.9 Å². The Morgan fingerprint density at radius 2 is 1.40 bits per heavy atom. The van der Waals surface area contributed by atoms with Crippen LogP contribution >= 0.6 is 0 Å². The lowest BCUT2D eigenvalue weighted by atomic mass is 9.77. The smallest absolute Gasteiger partial charge is 0.200 e. The van der Waals surface area contributed by atoms with Gasteiger partial charge in [-0.25, -0.2) is 0 Å². The summed E-state index contributed by atoms with van der Waals surface area (Å²) in [6, 6.07) is 0. The fourth-order valence-corrected chi connectivity index (χ4v) is 11.0. The van der Waals surface area contributed by atoms with E-state index in [1.165, 1.54) is 0 Å². The molecule has 0 aliphatic carbocycles. The second-order valence-electron chi connectivity index (χ2n) is 11.7. The summed E-state index contributed by atoms with van der Waals surface area (Å²) in [6.45, 7) is 32.1. The van der Waals surface area contributed by atoms with Crippen LogP contribution in [-0.4, -0.2) is 46.8 Å². The van der Waals surface area contributed by atoms with Crippen LogP contribution in [0.4, 0.5) is 0 Å². The Morgan fingerprint density at radius 3 is 1.67 bits per heavy atom. The van der Waals surface area contributed by atoms with Crippen LogP contribution in [0.2, 0.25) is 34.8 Å². The summed E-state index contributed by atoms with van der Waals surface area (Å²) in [5, 5.41) is 11.4. The van der Waals surface area contributed by atoms with E-state index in [2.05, 4.69) is 82.0 Å². The van der Waals surface area contributed by atoms with Gasteiger partial charge in [0.15, 0.2) is 16.6 Å². The monoisotopic (exact) mass is 458 g/mol. The second kappa shape index (κ2) is 10.6. The Hall–Kier alpha value is -0.276. The van der Waals surface area contributed by atoms with Crippen molar-refractivity contribution in [2.75, 3.05) is 6.61 Å². The van der Waals surface area contributed by atoms with Gasteiger partial charge < -0.3 is 18.8 Å². The molecule has 0 heterocycles. The summed E-state index contributed by atoms with van der Waals surface area (Å²) in [6.07, 6.45) is -0.791. The van der Waals surface area contributed by atoms with Crippen LogP contribution in [0.15, 0.2) is 12.2 Å². The highest BCUT2D eigenvalue weighted by molar-refractivity contribution is 6.77. The topological polar surface area (TPSA) is 55.8 Å². The molecular formula is C24H50O4Si2. The van der Waals surface area contributed by atoms with Crippen LogP contribution in [0, 0.1) is 5.41 Å². The van der Waals surface area contributed by atoms with Gasteiger partial charge in [0.25, 0.3) is 0 Å². The molecule has 0 fully saturated rings. The van der Waals surface area contributed by atoms with Crippen LogP contribution in [0.25, 0.3) is 0 Å². The predicted molar refractivity (Wildman–Crippen MR) is 134 cm³/mol. The first kappa shape index (κ1) is 29.7. The third-order valence-electron chi connectivity index (χ3n) is 7.59. The normalized spacial score (nSPS) is 17.9. The van der Waals surface area contributed by atoms with Gasteiger partial charge in [-0.1, -0.05) is 74.5 Å². The van der Waals surface area contributed by atoms with E-state index in [1.54, 1.807) is 13.8 Å². The van der Waals surface area contributed by atoms with Crippen molar-refractivity contribution in [1.29, 1.82) is 0 Å². The number of hydrogen-bond acceptors (Lipinski definition) is 4. The Balaban J connectivity index is 6.20. The highest BCUT2D eigenvalue weighted by Crippen LogP contribution is 2.44. The van der Waals surface area contributed by atoms with E-state index >= 15 is 0 Å². The summed E-state index contributed by atoms with van der Waals surface area (Å²) < 4.78 is 13.5. The molecule has 0 aromatic rings. The maximum absolute atomic E-state index is 12.0. The summed E-state index contributed by atoms with van der Waals surface area (Å²) in [4.78, 5) is 12.0. The molecule has 1 N–H and O–H groups in total. The Kier molecular flexibility index (Phi) is 10.5. The first-order valence-corrected chi connectivity index (χ1v) is 16.5. The van der Waals surface area contributed by atoms with Crippen molar-refractivity contribution < 1.29 is 18.8 Å². The van der Waals surface area contributed by atoms with Gasteiger partial charge in [-0.05, 0) is 48.6 Å². The van der Waals surface area contributed by atoms with Crippen LogP contribution in [0.5, 0.6) is 0 Å². The summed E-state index contributed by atoms with van der Waals surface area (Å²) in [7, 11) is -4.35. The summed E-state index contributed by atoms with van der Waals surface area (Å²) in [5.74, 6) is 0. The largest absolute Gasteiger partial charge is 0.413 e. The Labute approximate surface area is 189 Å². The molecule has 0 rings (SSSR count). The van der Waals surface area contributed by atoms with Crippen molar-refractivity contribution in [3.8, 4) is 0 Å². The number of rotatable bonds is 12. The third kappa shape index (κ3) is 6.15. The molecule has 0 bridgehead atoms. The van der Waals surface area contributed by atoms with E-state index < -0.39 is 34.3 Å². The molecule has 0 saturated carbocycles. The fourth-order valence-electron chi connectivity index (χ4n) is 4.28. The number of hydrogen-bond donors (Lipinski definition) is 1. The zero-order valence-corrected chi connectivity index (χ0v) is 24.1. The minimum absolute atomic E-state index is 0.0194. The maximum atomic E-state index is 12.0. The number of aldehydes is 1. The highest BCUT2D eigenvalue weighted by atomic mass is 28.4. The van der Waals surface area contributed by atoms with Crippen molar-refractivity contribution in [1.82, 2.24) is 0 Å². The van der Waals surface area contributed by atoms with Crippen LogP contribution in [0.3, 0.4) is 0 Å². The van der Waals surface area contributed by atoms with Gasteiger partial charge in [-0.2, -0.15) is 0 Å². The first-order valence-electron chi connectivity index (χ1n) is 11.4. The fraction of sp³-hybridized carbons (Fsp3) is 0.875. The molecule has 178 valence electrons. The average Bonchev–Trinajstić information content (AvgIpc) is 2.57. The van der Waals surface area contributed by atoms with E-state index in [1.807, 2.05) is 0 Å². The van der Waals surface area contributed by atoms with Gasteiger partial charge in [-0.15, -0.1) is 0 Å². The highest BCUT2D eigenvalue weighted by Gasteiger charge is 2.49. The lowest BCUT2D eigenvalue weighted by molar-refractivity contribution is -0.124. The van der Waals surface area contributed by atoms with Gasteiger partial charge in [0.1, 0.15) is 6.29 Å². The first-order chi connectivity index (χ1) is 13.3. The van der Waals surface area contributed by atoms with Crippen molar-refractivity contribution in [3.05, 3.63) is 12.2 Å². The van der Waals surface area contributed by atoms with E-state index in [9.17, 15) is 9.90 Å². The zero-order chi connectivity index (χ0) is 24.3. The van der Waals surface area contributed by atoms with Crippen molar-refractivity contribution in [2.24, 2.45) is 5.41 Å². The molecule has 0 spiro atoms. The molecule has 0 aliphatic rings. The molecule has 0 amide bonds. The van der Waals surface area contributed by atoms with Gasteiger partial charge >= 0.3 is 0 Å². The van der Waals surface area contributed by atoms with E-state index in [4.69, 9.17) is 8.85 Å². The number of carbonyl (C=O) groups is 1. The Morgan fingerprint density at radius 1 is 1.00 bits per heavy atom. The number of aliphatic hydroxyl groups is 1. The maximum Gasteiger partial charge on any atom is 0.200 e. The molecule has 0 aromatic carbocycles. The van der Waals surface area contributed by atoms with Crippen LogP contribution in [-0.2, 0) is 13.6 Å². The summed E-state index contributed by atoms with van der Waals surface area (Å²) >= 11 is 0. The molecule has 6 heteroatoms. The van der Waals surface area contributed by atoms with Crippen molar-refractivity contribution in [2.45, 2.75) is 123 Å². The number of carbonyl (C=O) groups excluding carboxylic acids is 1. The van der Waals surface area contributed by atoms with Gasteiger partial charge in [0.05, 0.1) is 24.2 Å². The third-order valence-corrected chi connectivity index (χ3v) is 18.2. The lowest BCUT2D eigenvalue weighted by Gasteiger charge is -2.46. The standard InChI is InChI=1S/C24H50O4Si2/c1-17(2)24(12,16-25)22(26)21(28-29(13,14)23(9,10)11)15-27-30(18(3)4,19(5)6)20(7)8/h16,18-22,26H,1,15H2,2-14H3/t21-,22+,24+/m1/s1. The van der Waals surface area contributed by atoms with Gasteiger partial charge in [0, 0.05) is 0 Å². The molecule has 4 nitrogen and oxygen atoms in total. The van der Waals surface area contributed by atoms with Crippen molar-refractivity contribution in [3.63, 3.8) is 0 Å². The second-order valence-corrected chi connectivity index (χ2v) is 21.9. The zero-order valence-electron chi connectivity index (χ0n) is 22.1. The Bertz CT molecular complexity index is 556. The molecule has 30 heavy (non-hydrogen) atoms. The molecular weight excluding hydrogens is 408 g/mol. The van der Waals surface area contributed by atoms with Crippen LogP contribution in [0.1, 0.15) is 76.2 Å². The SMILES string of the molecule is C=C(C)[C@](C)(C=O)[C@@H](O)[C@@H](CO[Si](C(C)C)(C(C)C)C(C)C)O[Si](C)(C)C(C)(C)C. The molecule has 0 aliphatic heterocycles. The molecule has 0 aromatic heterocycles. The molecule has 0 saturated heterocycles. The number of aliphatic hydroxyl groups excluding tert-OH is 1. The quantitative estimate of drug-likeness (QED) is 0.200. The summed E-state index contributed by atoms with van der Waals surface area (Å²) in [5.41, 5.74) is 0.855.